The average Bonchev–Trinajstić information content (AvgIpc) is 2.94. The zero-order valence-electron chi connectivity index (χ0n) is 14.6. The van der Waals surface area contributed by atoms with Gasteiger partial charge in [-0.05, 0) is 36.2 Å². The monoisotopic (exact) mass is 428 g/mol. The second kappa shape index (κ2) is 6.81. The minimum Gasteiger partial charge on any atom is -0.496 e. The Morgan fingerprint density at radius 2 is 1.81 bits per heavy atom. The van der Waals surface area contributed by atoms with Crippen LogP contribution in [0.25, 0.3) is 0 Å². The molecule has 0 aromatic heterocycles. The van der Waals surface area contributed by atoms with Crippen LogP contribution in [0.4, 0.5) is 0 Å². The van der Waals surface area contributed by atoms with Gasteiger partial charge in [0.25, 0.3) is 11.8 Å². The summed E-state index contributed by atoms with van der Waals surface area (Å²) in [5, 5.41) is 0. The zero-order valence-corrected chi connectivity index (χ0v) is 16.2. The first-order valence-electron chi connectivity index (χ1n) is 8.58. The van der Waals surface area contributed by atoms with Gasteiger partial charge in [-0.3, -0.25) is 19.3 Å². The molecule has 0 spiro atoms. The standard InChI is InChI=1S/C20H17BrN2O4/c1-27-17-7-6-15(21)14-8-9-22(11-24)16(18(14)17)10-23-19(25)12-4-2-3-5-13(12)20(23)26/h2-7,11,16H,8-10H2,1H3. The van der Waals surface area contributed by atoms with Gasteiger partial charge < -0.3 is 9.64 Å². The normalized spacial score (nSPS) is 18.4. The van der Waals surface area contributed by atoms with Crippen molar-refractivity contribution in [2.24, 2.45) is 0 Å². The lowest BCUT2D eigenvalue weighted by molar-refractivity contribution is -0.121. The topological polar surface area (TPSA) is 66.9 Å². The van der Waals surface area contributed by atoms with Crippen molar-refractivity contribution >= 4 is 34.2 Å². The number of fused-ring (bicyclic) bond motifs is 2. The molecule has 2 aliphatic rings. The van der Waals surface area contributed by atoms with Crippen molar-refractivity contribution in [2.75, 3.05) is 20.2 Å². The molecule has 0 fully saturated rings. The molecule has 2 aromatic rings. The highest BCUT2D eigenvalue weighted by atomic mass is 79.9. The van der Waals surface area contributed by atoms with Gasteiger partial charge in [-0.2, -0.15) is 0 Å². The van der Waals surface area contributed by atoms with Gasteiger partial charge in [0.15, 0.2) is 0 Å². The van der Waals surface area contributed by atoms with E-state index in [0.29, 0.717) is 29.8 Å². The van der Waals surface area contributed by atoms with Crippen molar-refractivity contribution in [3.05, 3.63) is 63.1 Å². The van der Waals surface area contributed by atoms with Crippen LogP contribution in [-0.4, -0.2) is 48.2 Å². The van der Waals surface area contributed by atoms with Crippen LogP contribution in [-0.2, 0) is 11.2 Å². The van der Waals surface area contributed by atoms with E-state index in [0.717, 1.165) is 22.0 Å². The van der Waals surface area contributed by atoms with Crippen LogP contribution >= 0.6 is 15.9 Å². The Kier molecular flexibility index (Phi) is 4.47. The molecule has 1 atom stereocenters. The smallest absolute Gasteiger partial charge is 0.261 e. The van der Waals surface area contributed by atoms with E-state index >= 15 is 0 Å². The predicted octanol–water partition coefficient (Wildman–Crippen LogP) is 2.81. The quantitative estimate of drug-likeness (QED) is 0.554. The molecule has 1 unspecified atom stereocenters. The van der Waals surface area contributed by atoms with Gasteiger partial charge in [0.1, 0.15) is 5.75 Å². The second-order valence-electron chi connectivity index (χ2n) is 6.52. The molecule has 2 aliphatic heterocycles. The van der Waals surface area contributed by atoms with E-state index in [1.54, 1.807) is 36.3 Å². The first kappa shape index (κ1) is 17.7. The average molecular weight is 429 g/mol. The summed E-state index contributed by atoms with van der Waals surface area (Å²) < 4.78 is 6.45. The fraction of sp³-hybridized carbons (Fsp3) is 0.250. The third-order valence-electron chi connectivity index (χ3n) is 5.20. The number of hydrogen-bond donors (Lipinski definition) is 0. The molecule has 7 heteroatoms. The lowest BCUT2D eigenvalue weighted by Gasteiger charge is -2.37. The Bertz CT molecular complexity index is 924. The molecule has 138 valence electrons. The molecule has 0 radical (unpaired) electrons. The molecule has 0 saturated heterocycles. The number of carbonyl (C=O) groups excluding carboxylic acids is 3. The van der Waals surface area contributed by atoms with Crippen molar-refractivity contribution in [1.29, 1.82) is 0 Å². The Morgan fingerprint density at radius 1 is 1.15 bits per heavy atom. The molecule has 4 rings (SSSR count). The van der Waals surface area contributed by atoms with E-state index in [1.807, 2.05) is 12.1 Å². The van der Waals surface area contributed by atoms with Gasteiger partial charge >= 0.3 is 0 Å². The van der Waals surface area contributed by atoms with Crippen molar-refractivity contribution < 1.29 is 19.1 Å². The fourth-order valence-corrected chi connectivity index (χ4v) is 4.42. The highest BCUT2D eigenvalue weighted by molar-refractivity contribution is 9.10. The molecular formula is C20H17BrN2O4. The van der Waals surface area contributed by atoms with E-state index in [4.69, 9.17) is 4.74 Å². The summed E-state index contributed by atoms with van der Waals surface area (Å²) in [6, 6.07) is 10.1. The third-order valence-corrected chi connectivity index (χ3v) is 5.95. The minimum absolute atomic E-state index is 0.0882. The van der Waals surface area contributed by atoms with E-state index in [9.17, 15) is 14.4 Å². The van der Waals surface area contributed by atoms with E-state index < -0.39 is 6.04 Å². The van der Waals surface area contributed by atoms with E-state index in [-0.39, 0.29) is 18.4 Å². The number of methoxy groups -OCH3 is 1. The van der Waals surface area contributed by atoms with E-state index in [1.165, 1.54) is 4.90 Å². The van der Waals surface area contributed by atoms with Crippen molar-refractivity contribution in [3.8, 4) is 5.75 Å². The fourth-order valence-electron chi connectivity index (χ4n) is 3.88. The van der Waals surface area contributed by atoms with Gasteiger partial charge in [0.05, 0.1) is 30.8 Å². The maximum Gasteiger partial charge on any atom is 0.261 e. The van der Waals surface area contributed by atoms with Gasteiger partial charge in [0.2, 0.25) is 6.41 Å². The van der Waals surface area contributed by atoms with Gasteiger partial charge in [-0.15, -0.1) is 0 Å². The molecule has 2 aromatic carbocycles. The zero-order chi connectivity index (χ0) is 19.1. The maximum atomic E-state index is 12.8. The molecule has 0 saturated carbocycles. The van der Waals surface area contributed by atoms with Crippen LogP contribution in [0, 0.1) is 0 Å². The number of amides is 3. The third kappa shape index (κ3) is 2.73. The molecule has 27 heavy (non-hydrogen) atoms. The lowest BCUT2D eigenvalue weighted by atomic mass is 9.91. The Balaban J connectivity index is 1.76. The summed E-state index contributed by atoms with van der Waals surface area (Å²) in [6.07, 6.45) is 1.44. The summed E-state index contributed by atoms with van der Waals surface area (Å²) >= 11 is 3.56. The summed E-state index contributed by atoms with van der Waals surface area (Å²) in [5.41, 5.74) is 2.67. The molecule has 0 N–H and O–H groups in total. The summed E-state index contributed by atoms with van der Waals surface area (Å²) in [6.45, 7) is 0.598. The first-order valence-corrected chi connectivity index (χ1v) is 9.37. The maximum absolute atomic E-state index is 12.8. The largest absolute Gasteiger partial charge is 0.496 e. The van der Waals surface area contributed by atoms with Crippen LogP contribution in [0.15, 0.2) is 40.9 Å². The summed E-state index contributed by atoms with van der Waals surface area (Å²) in [7, 11) is 1.57. The van der Waals surface area contributed by atoms with Crippen molar-refractivity contribution in [1.82, 2.24) is 9.80 Å². The highest BCUT2D eigenvalue weighted by Gasteiger charge is 2.40. The van der Waals surface area contributed by atoms with Crippen LogP contribution in [0.2, 0.25) is 0 Å². The number of hydrogen-bond acceptors (Lipinski definition) is 4. The number of imide groups is 1. The molecular weight excluding hydrogens is 412 g/mol. The molecule has 0 bridgehead atoms. The van der Waals surface area contributed by atoms with Crippen LogP contribution in [0.1, 0.15) is 37.9 Å². The van der Waals surface area contributed by atoms with Crippen molar-refractivity contribution in [2.45, 2.75) is 12.5 Å². The lowest BCUT2D eigenvalue weighted by Crippen LogP contribution is -2.43. The highest BCUT2D eigenvalue weighted by Crippen LogP contribution is 2.40. The van der Waals surface area contributed by atoms with Gasteiger partial charge in [0, 0.05) is 16.6 Å². The number of halogens is 1. The molecule has 3 amide bonds. The van der Waals surface area contributed by atoms with Crippen LogP contribution < -0.4 is 4.74 Å². The number of ether oxygens (including phenoxy) is 1. The number of rotatable bonds is 4. The van der Waals surface area contributed by atoms with Crippen LogP contribution in [0.5, 0.6) is 5.75 Å². The molecule has 0 aliphatic carbocycles. The Labute approximate surface area is 164 Å². The second-order valence-corrected chi connectivity index (χ2v) is 7.37. The number of benzene rings is 2. The summed E-state index contributed by atoms with van der Waals surface area (Å²) in [4.78, 5) is 40.1. The molecule has 6 nitrogen and oxygen atoms in total. The Hall–Kier alpha value is -2.67. The van der Waals surface area contributed by atoms with Crippen molar-refractivity contribution in [3.63, 3.8) is 0 Å². The van der Waals surface area contributed by atoms with Crippen LogP contribution in [0.3, 0.4) is 0 Å². The summed E-state index contributed by atoms with van der Waals surface area (Å²) in [5.74, 6) is -0.0218. The Morgan fingerprint density at radius 3 is 2.41 bits per heavy atom. The number of nitrogens with zero attached hydrogens (tertiary/aromatic N) is 2. The van der Waals surface area contributed by atoms with E-state index in [2.05, 4.69) is 15.9 Å². The first-order chi connectivity index (χ1) is 13.1. The SMILES string of the molecule is COc1ccc(Br)c2c1C(CN1C(=O)c3ccccc3C1=O)N(C=O)CC2. The molecule has 2 heterocycles. The number of carbonyl (C=O) groups is 3. The van der Waals surface area contributed by atoms with Gasteiger partial charge in [-0.1, -0.05) is 28.1 Å². The van der Waals surface area contributed by atoms with Gasteiger partial charge in [-0.25, -0.2) is 0 Å². The predicted molar refractivity (Wildman–Crippen MR) is 102 cm³/mol. The minimum atomic E-state index is -0.457.